The number of ether oxygens (including phenoxy) is 1. The smallest absolute Gasteiger partial charge is 0.254 e. The first-order valence-electron chi connectivity index (χ1n) is 11.9. The van der Waals surface area contributed by atoms with E-state index in [4.69, 9.17) is 4.74 Å². The number of methoxy groups -OCH3 is 1. The summed E-state index contributed by atoms with van der Waals surface area (Å²) in [6.45, 7) is 5.89. The van der Waals surface area contributed by atoms with Gasteiger partial charge in [-0.25, -0.2) is 4.39 Å². The SMILES string of the molecule is COc1ccc(-c2ccc(N3CCN(C(=O)CN(C(=O)c4cccc(F)c4)C(C)C)CC3)nn2)cc1. The number of hydrogen-bond acceptors (Lipinski definition) is 6. The Morgan fingerprint density at radius 1 is 1.00 bits per heavy atom. The molecule has 9 heteroatoms. The Bertz CT molecular complexity index is 1190. The number of rotatable bonds is 7. The molecule has 1 saturated heterocycles. The van der Waals surface area contributed by atoms with Crippen LogP contribution in [0.15, 0.2) is 60.7 Å². The lowest BCUT2D eigenvalue weighted by Crippen LogP contribution is -2.53. The minimum absolute atomic E-state index is 0.0522. The van der Waals surface area contributed by atoms with Crippen LogP contribution < -0.4 is 9.64 Å². The number of aromatic nitrogens is 2. The highest BCUT2D eigenvalue weighted by atomic mass is 19.1. The monoisotopic (exact) mass is 491 g/mol. The molecular formula is C27H30FN5O3. The molecule has 4 rings (SSSR count). The van der Waals surface area contributed by atoms with E-state index in [1.807, 2.05) is 50.2 Å². The van der Waals surface area contributed by atoms with Crippen LogP contribution in [0.4, 0.5) is 10.2 Å². The maximum Gasteiger partial charge on any atom is 0.254 e. The summed E-state index contributed by atoms with van der Waals surface area (Å²) in [5, 5.41) is 8.75. The fourth-order valence-corrected chi connectivity index (χ4v) is 4.12. The third-order valence-electron chi connectivity index (χ3n) is 6.25. The largest absolute Gasteiger partial charge is 0.497 e. The molecule has 0 saturated carbocycles. The first-order valence-corrected chi connectivity index (χ1v) is 11.9. The number of nitrogens with zero attached hydrogens (tertiary/aromatic N) is 5. The molecule has 1 aliphatic rings. The number of carbonyl (C=O) groups is 2. The second kappa shape index (κ2) is 11.2. The predicted molar refractivity (Wildman–Crippen MR) is 135 cm³/mol. The van der Waals surface area contributed by atoms with Crippen molar-refractivity contribution in [1.29, 1.82) is 0 Å². The van der Waals surface area contributed by atoms with Crippen LogP contribution in [0.2, 0.25) is 0 Å². The number of hydrogen-bond donors (Lipinski definition) is 0. The van der Waals surface area contributed by atoms with Gasteiger partial charge >= 0.3 is 0 Å². The standard InChI is InChI=1S/C27H30FN5O3/c1-19(2)33(27(35)21-5-4-6-22(28)17-21)18-26(34)32-15-13-31(14-16-32)25-12-11-24(29-30-25)20-7-9-23(36-3)10-8-20/h4-12,17,19H,13-16,18H2,1-3H3. The lowest BCUT2D eigenvalue weighted by atomic mass is 10.1. The summed E-state index contributed by atoms with van der Waals surface area (Å²) in [4.78, 5) is 31.2. The van der Waals surface area contributed by atoms with Crippen molar-refractivity contribution in [1.82, 2.24) is 20.0 Å². The van der Waals surface area contributed by atoms with E-state index in [2.05, 4.69) is 15.1 Å². The Kier molecular flexibility index (Phi) is 7.77. The highest BCUT2D eigenvalue weighted by molar-refractivity contribution is 5.96. The van der Waals surface area contributed by atoms with Crippen molar-refractivity contribution in [2.45, 2.75) is 19.9 Å². The third kappa shape index (κ3) is 5.79. The molecule has 0 bridgehead atoms. The van der Waals surface area contributed by atoms with Crippen LogP contribution in [0, 0.1) is 5.82 Å². The van der Waals surface area contributed by atoms with E-state index >= 15 is 0 Å². The summed E-state index contributed by atoms with van der Waals surface area (Å²) < 4.78 is 18.8. The van der Waals surface area contributed by atoms with Gasteiger partial charge in [-0.3, -0.25) is 9.59 Å². The molecule has 1 fully saturated rings. The Balaban J connectivity index is 1.34. The number of carbonyl (C=O) groups excluding carboxylic acids is 2. The first kappa shape index (κ1) is 25.1. The maximum absolute atomic E-state index is 13.6. The van der Waals surface area contributed by atoms with E-state index in [1.54, 1.807) is 18.1 Å². The van der Waals surface area contributed by atoms with Crippen LogP contribution in [0.25, 0.3) is 11.3 Å². The van der Waals surface area contributed by atoms with Crippen LogP contribution in [-0.2, 0) is 4.79 Å². The van der Waals surface area contributed by atoms with Gasteiger partial charge < -0.3 is 19.4 Å². The molecular weight excluding hydrogens is 461 g/mol. The summed E-state index contributed by atoms with van der Waals surface area (Å²) >= 11 is 0. The molecule has 0 atom stereocenters. The normalized spacial score (nSPS) is 13.6. The van der Waals surface area contributed by atoms with Gasteiger partial charge in [0.1, 0.15) is 18.1 Å². The highest BCUT2D eigenvalue weighted by Gasteiger charge is 2.27. The Labute approximate surface area is 210 Å². The van der Waals surface area contributed by atoms with Crippen molar-refractivity contribution in [3.8, 4) is 17.0 Å². The fourth-order valence-electron chi connectivity index (χ4n) is 4.12. The zero-order valence-corrected chi connectivity index (χ0v) is 20.7. The quantitative estimate of drug-likeness (QED) is 0.504. The Morgan fingerprint density at radius 2 is 1.72 bits per heavy atom. The predicted octanol–water partition coefficient (Wildman–Crippen LogP) is 3.49. The van der Waals surface area contributed by atoms with Crippen LogP contribution in [-0.4, -0.2) is 77.7 Å². The topological polar surface area (TPSA) is 78.9 Å². The number of benzene rings is 2. The molecule has 0 aliphatic carbocycles. The molecule has 1 aromatic heterocycles. The minimum atomic E-state index is -0.480. The molecule has 0 unspecified atom stereocenters. The van der Waals surface area contributed by atoms with Crippen molar-refractivity contribution in [3.63, 3.8) is 0 Å². The van der Waals surface area contributed by atoms with E-state index in [-0.39, 0.29) is 30.0 Å². The zero-order chi connectivity index (χ0) is 25.7. The van der Waals surface area contributed by atoms with Crippen molar-refractivity contribution < 1.29 is 18.7 Å². The summed E-state index contributed by atoms with van der Waals surface area (Å²) in [6, 6.07) is 16.8. The minimum Gasteiger partial charge on any atom is -0.497 e. The van der Waals surface area contributed by atoms with Gasteiger partial charge in [-0.05, 0) is 68.4 Å². The Hall–Kier alpha value is -4.01. The molecule has 2 amide bonds. The van der Waals surface area contributed by atoms with Gasteiger partial charge in [-0.2, -0.15) is 0 Å². The van der Waals surface area contributed by atoms with E-state index in [0.717, 1.165) is 22.8 Å². The van der Waals surface area contributed by atoms with Gasteiger partial charge in [0.2, 0.25) is 5.91 Å². The molecule has 188 valence electrons. The van der Waals surface area contributed by atoms with Gasteiger partial charge in [0, 0.05) is 43.3 Å². The summed E-state index contributed by atoms with van der Waals surface area (Å²) in [5.74, 6) is 0.569. The molecule has 0 N–H and O–H groups in total. The second-order valence-electron chi connectivity index (χ2n) is 8.91. The van der Waals surface area contributed by atoms with Gasteiger partial charge in [-0.15, -0.1) is 10.2 Å². The van der Waals surface area contributed by atoms with Gasteiger partial charge in [0.25, 0.3) is 5.91 Å². The molecule has 0 spiro atoms. The van der Waals surface area contributed by atoms with Crippen LogP contribution in [0.5, 0.6) is 5.75 Å². The molecule has 0 radical (unpaired) electrons. The third-order valence-corrected chi connectivity index (χ3v) is 6.25. The van der Waals surface area contributed by atoms with E-state index < -0.39 is 5.82 Å². The molecule has 2 aromatic carbocycles. The van der Waals surface area contributed by atoms with Crippen LogP contribution >= 0.6 is 0 Å². The Morgan fingerprint density at radius 3 is 2.31 bits per heavy atom. The average molecular weight is 492 g/mol. The first-order chi connectivity index (χ1) is 17.4. The van der Waals surface area contributed by atoms with E-state index in [9.17, 15) is 14.0 Å². The molecule has 1 aliphatic heterocycles. The van der Waals surface area contributed by atoms with E-state index in [1.165, 1.54) is 23.1 Å². The molecule has 36 heavy (non-hydrogen) atoms. The lowest BCUT2D eigenvalue weighted by molar-refractivity contribution is -0.132. The second-order valence-corrected chi connectivity index (χ2v) is 8.91. The number of anilines is 1. The fraction of sp³-hybridized carbons (Fsp3) is 0.333. The van der Waals surface area contributed by atoms with Crippen LogP contribution in [0.1, 0.15) is 24.2 Å². The van der Waals surface area contributed by atoms with Crippen molar-refractivity contribution in [2.75, 3.05) is 44.7 Å². The number of piperazine rings is 1. The summed E-state index contributed by atoms with van der Waals surface area (Å²) in [5.41, 5.74) is 1.96. The number of halogens is 1. The molecule has 8 nitrogen and oxygen atoms in total. The zero-order valence-electron chi connectivity index (χ0n) is 20.7. The van der Waals surface area contributed by atoms with E-state index in [0.29, 0.717) is 26.2 Å². The van der Waals surface area contributed by atoms with Gasteiger partial charge in [0.05, 0.1) is 12.8 Å². The molecule has 3 aromatic rings. The highest BCUT2D eigenvalue weighted by Crippen LogP contribution is 2.22. The summed E-state index contributed by atoms with van der Waals surface area (Å²) in [6.07, 6.45) is 0. The van der Waals surface area contributed by atoms with Crippen molar-refractivity contribution in [3.05, 3.63) is 72.0 Å². The maximum atomic E-state index is 13.6. The van der Waals surface area contributed by atoms with Crippen molar-refractivity contribution >= 4 is 17.6 Å². The molecule has 2 heterocycles. The average Bonchev–Trinajstić information content (AvgIpc) is 2.91. The van der Waals surface area contributed by atoms with Crippen molar-refractivity contribution in [2.24, 2.45) is 0 Å². The lowest BCUT2D eigenvalue weighted by Gasteiger charge is -2.36. The van der Waals surface area contributed by atoms with Crippen LogP contribution in [0.3, 0.4) is 0 Å². The van der Waals surface area contributed by atoms with Gasteiger partial charge in [-0.1, -0.05) is 6.07 Å². The summed E-state index contributed by atoms with van der Waals surface area (Å²) in [7, 11) is 1.63. The van der Waals surface area contributed by atoms with Gasteiger partial charge in [0.15, 0.2) is 5.82 Å². The number of amides is 2.